The van der Waals surface area contributed by atoms with Gasteiger partial charge in [-0.1, -0.05) is 12.1 Å². The lowest BCUT2D eigenvalue weighted by atomic mass is 10.1. The van der Waals surface area contributed by atoms with E-state index in [9.17, 15) is 39.6 Å². The Kier molecular flexibility index (Phi) is 6.30. The van der Waals surface area contributed by atoms with Gasteiger partial charge in [0.05, 0.1) is 17.3 Å². The zero-order valence-electron chi connectivity index (χ0n) is 14.1. The average molecular weight is 439 g/mol. The zero-order valence-corrected chi connectivity index (χ0v) is 14.9. The maximum Gasteiger partial charge on any atom is 0.417 e. The number of hydrogen-bond acceptors (Lipinski definition) is 5. The Morgan fingerprint density at radius 1 is 1.03 bits per heavy atom. The Labute approximate surface area is 160 Å². The molecule has 1 heterocycles. The molecule has 0 atom stereocenters. The zero-order chi connectivity index (χ0) is 21.9. The fourth-order valence-corrected chi connectivity index (χ4v) is 3.03. The van der Waals surface area contributed by atoms with Crippen LogP contribution >= 0.6 is 0 Å². The molecule has 1 N–H and O–H groups in total. The number of carbonyl (C=O) groups excluding carboxylic acids is 1. The number of pyridine rings is 1. The third-order valence-corrected chi connectivity index (χ3v) is 4.84. The number of benzene rings is 1. The molecule has 0 unspecified atom stereocenters. The highest BCUT2D eigenvalue weighted by Gasteiger charge is 2.32. The minimum absolute atomic E-state index is 0.00705. The van der Waals surface area contributed by atoms with Gasteiger partial charge in [-0.25, -0.2) is 18.8 Å². The van der Waals surface area contributed by atoms with Crippen molar-refractivity contribution >= 4 is 22.0 Å². The molecule has 0 spiro atoms. The van der Waals surface area contributed by atoms with E-state index in [4.69, 9.17) is 0 Å². The molecule has 0 aliphatic carbocycles. The van der Waals surface area contributed by atoms with Crippen molar-refractivity contribution in [3.63, 3.8) is 0 Å². The largest absolute Gasteiger partial charge is 0.417 e. The lowest BCUT2D eigenvalue weighted by molar-refractivity contribution is -0.138. The molecule has 1 aromatic heterocycles. The van der Waals surface area contributed by atoms with Crippen molar-refractivity contribution in [3.8, 4) is 0 Å². The lowest BCUT2D eigenvalue weighted by Gasteiger charge is -2.07. The van der Waals surface area contributed by atoms with Gasteiger partial charge in [0.2, 0.25) is 9.84 Å². The maximum absolute atomic E-state index is 12.6. The number of amides is 1. The van der Waals surface area contributed by atoms with Crippen molar-refractivity contribution in [3.05, 3.63) is 59.3 Å². The summed E-state index contributed by atoms with van der Waals surface area (Å²) in [4.78, 5) is 14.9. The molecule has 0 aliphatic heterocycles. The number of nitrogens with one attached hydrogen (secondary N) is 1. The van der Waals surface area contributed by atoms with Crippen LogP contribution in [0.25, 0.3) is 0 Å². The standard InChI is InChI=1S/C16H11F6N3O3S/c17-15(18,19)11-3-1-2-10(6-11)7-24-25-13(26)9-29(27,28)14-5-4-12(8-23-14)16(20,21)22/h1-8H,9H2,(H,25,26)/b24-7-. The highest BCUT2D eigenvalue weighted by Crippen LogP contribution is 2.29. The van der Waals surface area contributed by atoms with Crippen LogP contribution in [0.2, 0.25) is 0 Å². The van der Waals surface area contributed by atoms with Crippen LogP contribution < -0.4 is 5.43 Å². The molecule has 2 aromatic rings. The highest BCUT2D eigenvalue weighted by molar-refractivity contribution is 7.92. The van der Waals surface area contributed by atoms with Gasteiger partial charge in [0.25, 0.3) is 5.91 Å². The van der Waals surface area contributed by atoms with Crippen LogP contribution in [0.4, 0.5) is 26.3 Å². The second-order valence-corrected chi connectivity index (χ2v) is 7.49. The molecule has 156 valence electrons. The van der Waals surface area contributed by atoms with Crippen LogP contribution in [-0.2, 0) is 27.0 Å². The van der Waals surface area contributed by atoms with E-state index in [0.717, 1.165) is 24.4 Å². The SMILES string of the molecule is O=C(CS(=O)(=O)c1ccc(C(F)(F)F)cn1)N/N=C\c1cccc(C(F)(F)F)c1. The van der Waals surface area contributed by atoms with Crippen molar-refractivity contribution in [1.82, 2.24) is 10.4 Å². The minimum atomic E-state index is -4.70. The van der Waals surface area contributed by atoms with E-state index in [2.05, 4.69) is 10.1 Å². The summed E-state index contributed by atoms with van der Waals surface area (Å²) in [5, 5.41) is 2.62. The predicted molar refractivity (Wildman–Crippen MR) is 88.5 cm³/mol. The summed E-state index contributed by atoms with van der Waals surface area (Å²) in [6.07, 6.45) is -8.09. The normalized spacial score (nSPS) is 12.9. The fraction of sp³-hybridized carbons (Fsp3) is 0.188. The number of alkyl halides is 6. The molecule has 0 saturated carbocycles. The minimum Gasteiger partial charge on any atom is -0.272 e. The van der Waals surface area contributed by atoms with Crippen molar-refractivity contribution in [1.29, 1.82) is 0 Å². The molecule has 0 saturated heterocycles. The molecule has 0 fully saturated rings. The lowest BCUT2D eigenvalue weighted by Crippen LogP contribution is -2.27. The summed E-state index contributed by atoms with van der Waals surface area (Å²) in [5.41, 5.74) is -0.295. The predicted octanol–water partition coefficient (Wildman–Crippen LogP) is 3.04. The molecule has 0 radical (unpaired) electrons. The summed E-state index contributed by atoms with van der Waals surface area (Å²) in [5.74, 6) is -2.33. The van der Waals surface area contributed by atoms with E-state index < -0.39 is 50.0 Å². The first-order valence-electron chi connectivity index (χ1n) is 7.54. The molecule has 0 bridgehead atoms. The fourth-order valence-electron chi connectivity index (χ4n) is 1.98. The van der Waals surface area contributed by atoms with Crippen LogP contribution in [0.15, 0.2) is 52.7 Å². The van der Waals surface area contributed by atoms with Crippen molar-refractivity contribution in [2.45, 2.75) is 17.4 Å². The van der Waals surface area contributed by atoms with Gasteiger partial charge < -0.3 is 0 Å². The van der Waals surface area contributed by atoms with Gasteiger partial charge in [0.15, 0.2) is 5.03 Å². The van der Waals surface area contributed by atoms with Crippen LogP contribution in [0.1, 0.15) is 16.7 Å². The molecule has 0 aliphatic rings. The van der Waals surface area contributed by atoms with Crippen LogP contribution in [0.5, 0.6) is 0 Å². The summed E-state index contributed by atoms with van der Waals surface area (Å²) in [7, 11) is -4.36. The van der Waals surface area contributed by atoms with E-state index in [-0.39, 0.29) is 5.56 Å². The second-order valence-electron chi connectivity index (χ2n) is 5.56. The Hall–Kier alpha value is -2.96. The molecular formula is C16H11F6N3O3S. The number of carbonyl (C=O) groups is 1. The Morgan fingerprint density at radius 3 is 2.24 bits per heavy atom. The van der Waals surface area contributed by atoms with Gasteiger partial charge in [-0.2, -0.15) is 31.4 Å². The van der Waals surface area contributed by atoms with Crippen molar-refractivity contribution in [2.24, 2.45) is 5.10 Å². The smallest absolute Gasteiger partial charge is 0.272 e. The van der Waals surface area contributed by atoms with E-state index in [1.165, 1.54) is 6.07 Å². The van der Waals surface area contributed by atoms with E-state index >= 15 is 0 Å². The van der Waals surface area contributed by atoms with E-state index in [0.29, 0.717) is 18.3 Å². The molecule has 2 rings (SSSR count). The maximum atomic E-state index is 12.6. The third-order valence-electron chi connectivity index (χ3n) is 3.32. The molecule has 1 aromatic carbocycles. The number of rotatable bonds is 5. The molecule has 29 heavy (non-hydrogen) atoms. The first kappa shape index (κ1) is 22.3. The number of aromatic nitrogens is 1. The van der Waals surface area contributed by atoms with E-state index in [1.54, 1.807) is 0 Å². The van der Waals surface area contributed by atoms with Gasteiger partial charge in [-0.15, -0.1) is 0 Å². The van der Waals surface area contributed by atoms with Crippen LogP contribution in [0, 0.1) is 0 Å². The second kappa shape index (κ2) is 8.19. The monoisotopic (exact) mass is 439 g/mol. The highest BCUT2D eigenvalue weighted by atomic mass is 32.2. The average Bonchev–Trinajstić information content (AvgIpc) is 2.60. The number of sulfone groups is 1. The van der Waals surface area contributed by atoms with Gasteiger partial charge >= 0.3 is 12.4 Å². The van der Waals surface area contributed by atoms with Crippen LogP contribution in [-0.4, -0.2) is 31.3 Å². The summed E-state index contributed by atoms with van der Waals surface area (Å²) < 4.78 is 99.2. The molecule has 6 nitrogen and oxygen atoms in total. The van der Waals surface area contributed by atoms with E-state index in [1.807, 2.05) is 5.43 Å². The number of halogens is 6. The topological polar surface area (TPSA) is 88.5 Å². The van der Waals surface area contributed by atoms with Crippen molar-refractivity contribution in [2.75, 3.05) is 5.75 Å². The Bertz CT molecular complexity index is 1020. The number of hydrogen-bond donors (Lipinski definition) is 1. The van der Waals surface area contributed by atoms with Crippen molar-refractivity contribution < 1.29 is 39.6 Å². The first-order chi connectivity index (χ1) is 13.3. The quantitative estimate of drug-likeness (QED) is 0.441. The Morgan fingerprint density at radius 2 is 1.69 bits per heavy atom. The van der Waals surface area contributed by atoms with Gasteiger partial charge in [0.1, 0.15) is 5.75 Å². The molecular weight excluding hydrogens is 428 g/mol. The van der Waals surface area contributed by atoms with Crippen LogP contribution in [0.3, 0.4) is 0 Å². The molecule has 13 heteroatoms. The molecule has 1 amide bonds. The summed E-state index contributed by atoms with van der Waals surface area (Å²) >= 11 is 0. The summed E-state index contributed by atoms with van der Waals surface area (Å²) in [6, 6.07) is 5.10. The Balaban J connectivity index is 2.02. The summed E-state index contributed by atoms with van der Waals surface area (Å²) in [6.45, 7) is 0. The van der Waals surface area contributed by atoms with Gasteiger partial charge in [0, 0.05) is 6.20 Å². The number of nitrogens with zero attached hydrogens (tertiary/aromatic N) is 2. The van der Waals surface area contributed by atoms with Gasteiger partial charge in [-0.05, 0) is 29.8 Å². The number of hydrazone groups is 1. The first-order valence-corrected chi connectivity index (χ1v) is 9.19. The third kappa shape index (κ3) is 6.27. The van der Waals surface area contributed by atoms with Gasteiger partial charge in [-0.3, -0.25) is 4.79 Å².